The molecule has 0 radical (unpaired) electrons. The average molecular weight is 421 g/mol. The number of nitrogens with one attached hydrogen (secondary N) is 1. The number of fused-ring (bicyclic) bond motifs is 1. The minimum Gasteiger partial charge on any atom is -0.486 e. The van der Waals surface area contributed by atoms with Crippen LogP contribution in [0.4, 0.5) is 4.39 Å². The number of benzene rings is 3. The summed E-state index contributed by atoms with van der Waals surface area (Å²) in [6.07, 6.45) is 0.787. The fourth-order valence-electron chi connectivity index (χ4n) is 3.32. The first-order chi connectivity index (χ1) is 15.2. The van der Waals surface area contributed by atoms with Gasteiger partial charge in [-0.05, 0) is 53.8 Å². The Morgan fingerprint density at radius 2 is 1.65 bits per heavy atom. The maximum Gasteiger partial charge on any atom is 0.165 e. The number of aromatic nitrogens is 2. The molecule has 0 aliphatic carbocycles. The molecule has 0 amide bonds. The van der Waals surface area contributed by atoms with Crippen molar-refractivity contribution in [3.05, 3.63) is 83.3 Å². The second-order valence-electron chi connectivity index (χ2n) is 6.65. The van der Waals surface area contributed by atoms with Crippen LogP contribution in [0.15, 0.2) is 60.7 Å². The lowest BCUT2D eigenvalue weighted by Crippen LogP contribution is -1.99. The van der Waals surface area contributed by atoms with Crippen molar-refractivity contribution < 1.29 is 9.13 Å². The van der Waals surface area contributed by atoms with Gasteiger partial charge < -0.3 is 4.74 Å². The Morgan fingerprint density at radius 1 is 0.935 bits per heavy atom. The van der Waals surface area contributed by atoms with Gasteiger partial charge in [0.1, 0.15) is 6.61 Å². The molecule has 0 unspecified atom stereocenters. The first kappa shape index (κ1) is 24.1. The quantitative estimate of drug-likeness (QED) is 0.357. The molecule has 1 aromatic heterocycles. The van der Waals surface area contributed by atoms with E-state index in [4.69, 9.17) is 4.74 Å². The number of hydrogen-bond donors (Lipinski definition) is 1. The molecule has 4 aromatic rings. The first-order valence-electron chi connectivity index (χ1n) is 11.1. The number of ether oxygens (including phenoxy) is 1. The predicted octanol–water partition coefficient (Wildman–Crippen LogP) is 7.87. The van der Waals surface area contributed by atoms with Crippen LogP contribution in [-0.2, 0) is 13.0 Å². The number of hydrogen-bond acceptors (Lipinski definition) is 2. The van der Waals surface area contributed by atoms with E-state index in [9.17, 15) is 4.39 Å². The number of rotatable bonds is 5. The summed E-state index contributed by atoms with van der Waals surface area (Å²) in [5, 5.41) is 8.40. The second kappa shape index (κ2) is 11.9. The van der Waals surface area contributed by atoms with Gasteiger partial charge in [-0.15, -0.1) is 0 Å². The lowest BCUT2D eigenvalue weighted by atomic mass is 9.96. The Morgan fingerprint density at radius 3 is 2.32 bits per heavy atom. The molecule has 0 bridgehead atoms. The highest BCUT2D eigenvalue weighted by molar-refractivity contribution is 5.86. The van der Waals surface area contributed by atoms with E-state index in [2.05, 4.69) is 17.1 Å². The zero-order valence-electron chi connectivity index (χ0n) is 19.4. The van der Waals surface area contributed by atoms with E-state index >= 15 is 0 Å². The van der Waals surface area contributed by atoms with Crippen LogP contribution in [0.2, 0.25) is 0 Å². The van der Waals surface area contributed by atoms with E-state index in [1.165, 1.54) is 0 Å². The number of halogens is 1. The monoisotopic (exact) mass is 420 g/mol. The molecule has 1 heterocycles. The van der Waals surface area contributed by atoms with Gasteiger partial charge in [0.05, 0.1) is 5.52 Å². The smallest absolute Gasteiger partial charge is 0.165 e. The molecule has 0 saturated heterocycles. The van der Waals surface area contributed by atoms with Crippen LogP contribution in [-0.4, -0.2) is 10.2 Å². The SMILES string of the molecule is CC.CC.CCc1cc(OCc2ccccc2)c(F)cc1-c1ccc2c(C)[nH]nc2c1. The highest BCUT2D eigenvalue weighted by Gasteiger charge is 2.13. The van der Waals surface area contributed by atoms with E-state index in [0.29, 0.717) is 6.61 Å². The molecule has 164 valence electrons. The van der Waals surface area contributed by atoms with Crippen molar-refractivity contribution in [2.75, 3.05) is 0 Å². The van der Waals surface area contributed by atoms with Crippen LogP contribution in [0, 0.1) is 12.7 Å². The standard InChI is InChI=1S/C23H21FN2O.2C2H6/c1-3-17-12-23(27-14-16-7-5-4-6-8-16)21(24)13-20(17)18-9-10-19-15(2)25-26-22(19)11-18;2*1-2/h4-13H,3,14H2,1-2H3,(H,25,26);2*1-2H3. The number of aromatic amines is 1. The molecule has 3 aromatic carbocycles. The Hall–Kier alpha value is -3.14. The average Bonchev–Trinajstić information content (AvgIpc) is 3.21. The van der Waals surface area contributed by atoms with Gasteiger partial charge in [-0.25, -0.2) is 4.39 Å². The van der Waals surface area contributed by atoms with Gasteiger partial charge in [0.15, 0.2) is 11.6 Å². The van der Waals surface area contributed by atoms with E-state index < -0.39 is 0 Å². The molecule has 1 N–H and O–H groups in total. The van der Waals surface area contributed by atoms with Crippen LogP contribution in [0.5, 0.6) is 5.75 Å². The maximum atomic E-state index is 14.7. The summed E-state index contributed by atoms with van der Waals surface area (Å²) < 4.78 is 20.5. The summed E-state index contributed by atoms with van der Waals surface area (Å²) in [5.74, 6) is -0.0624. The fraction of sp³-hybridized carbons (Fsp3) is 0.296. The summed E-state index contributed by atoms with van der Waals surface area (Å²) in [6.45, 7) is 12.4. The largest absolute Gasteiger partial charge is 0.486 e. The van der Waals surface area contributed by atoms with Crippen LogP contribution in [0.3, 0.4) is 0 Å². The number of H-pyrrole nitrogens is 1. The van der Waals surface area contributed by atoms with Crippen molar-refractivity contribution in [3.8, 4) is 16.9 Å². The van der Waals surface area contributed by atoms with Gasteiger partial charge in [-0.2, -0.15) is 5.10 Å². The second-order valence-corrected chi connectivity index (χ2v) is 6.65. The fourth-order valence-corrected chi connectivity index (χ4v) is 3.32. The van der Waals surface area contributed by atoms with E-state index in [1.807, 2.05) is 89.2 Å². The van der Waals surface area contributed by atoms with E-state index in [1.54, 1.807) is 6.07 Å². The molecule has 0 aliphatic heterocycles. The highest BCUT2D eigenvalue weighted by Crippen LogP contribution is 2.32. The van der Waals surface area contributed by atoms with E-state index in [0.717, 1.165) is 45.3 Å². The maximum absolute atomic E-state index is 14.7. The number of aryl methyl sites for hydroxylation is 2. The normalized spacial score (nSPS) is 10.0. The van der Waals surface area contributed by atoms with Crippen molar-refractivity contribution in [1.29, 1.82) is 0 Å². The third kappa shape index (κ3) is 5.72. The molecular weight excluding hydrogens is 387 g/mol. The minimum absolute atomic E-state index is 0.288. The molecular formula is C27H33FN2O. The summed E-state index contributed by atoms with van der Waals surface area (Å²) in [6, 6.07) is 19.2. The van der Waals surface area contributed by atoms with Gasteiger partial charge in [0.2, 0.25) is 0 Å². The lowest BCUT2D eigenvalue weighted by molar-refractivity contribution is 0.290. The Labute approximate surface area is 185 Å². The molecule has 4 rings (SSSR count). The van der Waals surface area contributed by atoms with Crippen LogP contribution >= 0.6 is 0 Å². The molecule has 3 nitrogen and oxygen atoms in total. The molecule has 0 fully saturated rings. The van der Waals surface area contributed by atoms with Gasteiger partial charge in [-0.3, -0.25) is 5.10 Å². The van der Waals surface area contributed by atoms with Gasteiger partial charge in [0.25, 0.3) is 0 Å². The minimum atomic E-state index is -0.351. The van der Waals surface area contributed by atoms with Crippen molar-refractivity contribution in [2.24, 2.45) is 0 Å². The van der Waals surface area contributed by atoms with Gasteiger partial charge in [-0.1, -0.05) is 77.1 Å². The van der Waals surface area contributed by atoms with Crippen LogP contribution in [0.1, 0.15) is 51.4 Å². The molecule has 0 spiro atoms. The Balaban J connectivity index is 0.000000807. The third-order valence-electron chi connectivity index (χ3n) is 4.83. The summed E-state index contributed by atoms with van der Waals surface area (Å²) in [7, 11) is 0. The molecule has 0 atom stereocenters. The molecule has 31 heavy (non-hydrogen) atoms. The third-order valence-corrected chi connectivity index (χ3v) is 4.83. The lowest BCUT2D eigenvalue weighted by Gasteiger charge is -2.13. The van der Waals surface area contributed by atoms with Gasteiger partial charge >= 0.3 is 0 Å². The van der Waals surface area contributed by atoms with Gasteiger partial charge in [0, 0.05) is 11.1 Å². The summed E-state index contributed by atoms with van der Waals surface area (Å²) in [4.78, 5) is 0. The van der Waals surface area contributed by atoms with Crippen molar-refractivity contribution >= 4 is 10.9 Å². The summed E-state index contributed by atoms with van der Waals surface area (Å²) >= 11 is 0. The summed E-state index contributed by atoms with van der Waals surface area (Å²) in [5.41, 5.74) is 5.81. The predicted molar refractivity (Wildman–Crippen MR) is 129 cm³/mol. The number of nitrogens with zero attached hydrogens (tertiary/aromatic N) is 1. The van der Waals surface area contributed by atoms with Crippen molar-refractivity contribution in [2.45, 2.75) is 54.6 Å². The topological polar surface area (TPSA) is 37.9 Å². The van der Waals surface area contributed by atoms with Crippen LogP contribution in [0.25, 0.3) is 22.0 Å². The highest BCUT2D eigenvalue weighted by atomic mass is 19.1. The van der Waals surface area contributed by atoms with E-state index in [-0.39, 0.29) is 11.6 Å². The Kier molecular flexibility index (Phi) is 9.26. The zero-order valence-corrected chi connectivity index (χ0v) is 19.4. The molecule has 4 heteroatoms. The Bertz CT molecular complexity index is 1090. The molecule has 0 aliphatic rings. The van der Waals surface area contributed by atoms with Crippen LogP contribution < -0.4 is 4.74 Å². The van der Waals surface area contributed by atoms with Crippen molar-refractivity contribution in [1.82, 2.24) is 10.2 Å². The van der Waals surface area contributed by atoms with Crippen molar-refractivity contribution in [3.63, 3.8) is 0 Å². The molecule has 0 saturated carbocycles. The first-order valence-corrected chi connectivity index (χ1v) is 11.1. The zero-order chi connectivity index (χ0) is 22.8.